The van der Waals surface area contributed by atoms with Crippen LogP contribution in [0.25, 0.3) is 33.0 Å². The topological polar surface area (TPSA) is 20.2 Å². The van der Waals surface area contributed by atoms with Crippen molar-refractivity contribution in [3.05, 3.63) is 131 Å². The molecule has 0 spiro atoms. The van der Waals surface area contributed by atoms with Crippen LogP contribution in [-0.2, 0) is 5.60 Å². The Morgan fingerprint density at radius 1 is 0.581 bits per heavy atom. The maximum atomic E-state index is 12.5. The Morgan fingerprint density at radius 3 is 1.68 bits per heavy atom. The van der Waals surface area contributed by atoms with E-state index in [1.807, 2.05) is 54.6 Å². The molecule has 6 rings (SSSR count). The van der Waals surface area contributed by atoms with Crippen LogP contribution in [0.3, 0.4) is 0 Å². The van der Waals surface area contributed by atoms with Crippen molar-refractivity contribution >= 4 is 22.4 Å². The molecule has 5 aromatic carbocycles. The average molecular weight is 424 g/mol. The van der Waals surface area contributed by atoms with Gasteiger partial charge in [-0.1, -0.05) is 115 Å². The van der Waals surface area contributed by atoms with Gasteiger partial charge in [-0.25, -0.2) is 0 Å². The number of aliphatic hydroxyl groups is 1. The molecule has 2 heteroatoms. The Labute approximate surface area is 193 Å². The van der Waals surface area contributed by atoms with E-state index in [9.17, 15) is 5.11 Å². The summed E-state index contributed by atoms with van der Waals surface area (Å²) in [4.78, 5) is 0. The molecule has 0 aliphatic heterocycles. The molecular weight excluding hydrogens is 400 g/mol. The Hall–Kier alpha value is -3.39. The fourth-order valence-electron chi connectivity index (χ4n) is 4.70. The summed E-state index contributed by atoms with van der Waals surface area (Å²) < 4.78 is 42.2. The maximum Gasteiger partial charge on any atom is 0.142 e. The van der Waals surface area contributed by atoms with Crippen LogP contribution in [-0.4, -0.2) is 5.11 Å². The van der Waals surface area contributed by atoms with Gasteiger partial charge in [0, 0.05) is 27.1 Å². The van der Waals surface area contributed by atoms with Crippen LogP contribution in [0.2, 0.25) is 5.02 Å². The van der Waals surface area contributed by atoms with Crippen LogP contribution in [0.5, 0.6) is 0 Å². The third kappa shape index (κ3) is 2.54. The molecule has 148 valence electrons. The average Bonchev–Trinajstić information content (AvgIpc) is 3.16. The number of fused-ring (bicyclic) bond motifs is 4. The van der Waals surface area contributed by atoms with E-state index in [4.69, 9.17) is 18.5 Å². The van der Waals surface area contributed by atoms with Crippen LogP contribution in [0.4, 0.5) is 0 Å². The fraction of sp³-hybridized carbons (Fsp3) is 0.0345. The quantitative estimate of drug-likeness (QED) is 0.313. The second-order valence-corrected chi connectivity index (χ2v) is 7.99. The molecule has 5 aromatic rings. The minimum atomic E-state index is -1.53. The summed E-state index contributed by atoms with van der Waals surface area (Å²) >= 11 is 6.43. The van der Waals surface area contributed by atoms with Crippen molar-refractivity contribution < 1.29 is 12.0 Å². The molecule has 0 bridgehead atoms. The molecule has 0 fully saturated rings. The first-order valence-electron chi connectivity index (χ1n) is 12.5. The predicted octanol–water partition coefficient (Wildman–Crippen LogP) is 7.42. The Balaban J connectivity index is 1.76. The highest BCUT2D eigenvalue weighted by atomic mass is 35.5. The molecular formula is C29H19ClO. The van der Waals surface area contributed by atoms with Crippen molar-refractivity contribution in [2.24, 2.45) is 0 Å². The molecule has 0 atom stereocenters. The molecule has 0 amide bonds. The molecule has 0 radical (unpaired) electrons. The van der Waals surface area contributed by atoms with E-state index in [0.717, 1.165) is 11.1 Å². The van der Waals surface area contributed by atoms with Gasteiger partial charge in [0.1, 0.15) is 5.60 Å². The lowest BCUT2D eigenvalue weighted by atomic mass is 9.79. The fourth-order valence-corrected chi connectivity index (χ4v) is 4.90. The van der Waals surface area contributed by atoms with Crippen LogP contribution < -0.4 is 0 Å². The standard InChI is InChI=1S/C29H19ClO/c30-28-18-8-13-20-19(12-7-14-24(20)28)21-9-1-4-15-25(21)29(31)26-16-5-2-10-22(26)23-11-3-6-17-27(23)29/h1-18,31H/i7D,8D,12D,14D,18D. The first-order chi connectivity index (χ1) is 17.3. The number of hydrogen-bond donors (Lipinski definition) is 1. The molecule has 0 aromatic heterocycles. The second kappa shape index (κ2) is 6.81. The van der Waals surface area contributed by atoms with Gasteiger partial charge in [0.25, 0.3) is 0 Å². The molecule has 0 unspecified atom stereocenters. The van der Waals surface area contributed by atoms with E-state index in [1.54, 1.807) is 18.2 Å². The van der Waals surface area contributed by atoms with Gasteiger partial charge in [-0.2, -0.15) is 0 Å². The molecule has 1 nitrogen and oxygen atoms in total. The van der Waals surface area contributed by atoms with Crippen molar-refractivity contribution in [2.45, 2.75) is 5.60 Å². The zero-order valence-corrected chi connectivity index (χ0v) is 17.1. The molecule has 0 saturated carbocycles. The highest BCUT2D eigenvalue weighted by Crippen LogP contribution is 2.53. The largest absolute Gasteiger partial charge is 0.376 e. The van der Waals surface area contributed by atoms with Gasteiger partial charge in [0.15, 0.2) is 0 Å². The zero-order valence-electron chi connectivity index (χ0n) is 21.3. The first-order valence-corrected chi connectivity index (χ1v) is 10.3. The van der Waals surface area contributed by atoms with Gasteiger partial charge in [0.05, 0.1) is 6.85 Å². The number of rotatable bonds is 2. The van der Waals surface area contributed by atoms with Crippen LogP contribution in [0.15, 0.2) is 109 Å². The molecule has 1 aliphatic carbocycles. The van der Waals surface area contributed by atoms with Crippen molar-refractivity contribution in [3.8, 4) is 22.3 Å². The summed E-state index contributed by atoms with van der Waals surface area (Å²) in [5.41, 5.74) is 3.05. The summed E-state index contributed by atoms with van der Waals surface area (Å²) in [6.07, 6.45) is 0. The molecule has 31 heavy (non-hydrogen) atoms. The Kier molecular flexibility index (Phi) is 3.04. The summed E-state index contributed by atoms with van der Waals surface area (Å²) in [5.74, 6) is 0. The summed E-state index contributed by atoms with van der Waals surface area (Å²) in [5, 5.41) is 12.9. The van der Waals surface area contributed by atoms with Crippen molar-refractivity contribution in [3.63, 3.8) is 0 Å². The van der Waals surface area contributed by atoms with Gasteiger partial charge in [-0.3, -0.25) is 0 Å². The van der Waals surface area contributed by atoms with Crippen molar-refractivity contribution in [1.82, 2.24) is 0 Å². The van der Waals surface area contributed by atoms with E-state index in [2.05, 4.69) is 0 Å². The van der Waals surface area contributed by atoms with Crippen LogP contribution in [0.1, 0.15) is 23.5 Å². The smallest absolute Gasteiger partial charge is 0.142 e. The van der Waals surface area contributed by atoms with E-state index < -0.39 is 5.60 Å². The summed E-state index contributed by atoms with van der Waals surface area (Å²) in [6.45, 7) is 0. The number of hydrogen-bond acceptors (Lipinski definition) is 1. The zero-order chi connectivity index (χ0) is 25.4. The Bertz CT molecular complexity index is 1680. The SMILES string of the molecule is [2H]c1cc2c(-c3ccccc3C3(O)c4ccccc4-c4ccccc43)c([2H])c([2H])c([2H])c2c(Cl)c1[2H]. The minimum absolute atomic E-state index is 0.0926. The van der Waals surface area contributed by atoms with Crippen molar-refractivity contribution in [1.29, 1.82) is 0 Å². The number of halogens is 1. The van der Waals surface area contributed by atoms with E-state index in [0.29, 0.717) is 33.2 Å². The molecule has 1 N–H and O–H groups in total. The van der Waals surface area contributed by atoms with Gasteiger partial charge in [-0.15, -0.1) is 0 Å². The maximum absolute atomic E-state index is 12.5. The first kappa shape index (κ1) is 13.8. The molecule has 1 aliphatic rings. The molecule has 0 saturated heterocycles. The van der Waals surface area contributed by atoms with Gasteiger partial charge in [-0.05, 0) is 33.7 Å². The normalized spacial score (nSPS) is 16.0. The van der Waals surface area contributed by atoms with Crippen molar-refractivity contribution in [2.75, 3.05) is 0 Å². The van der Waals surface area contributed by atoms with Gasteiger partial charge >= 0.3 is 0 Å². The van der Waals surface area contributed by atoms with E-state index >= 15 is 0 Å². The van der Waals surface area contributed by atoms with E-state index in [-0.39, 0.29) is 40.6 Å². The lowest BCUT2D eigenvalue weighted by molar-refractivity contribution is 0.131. The van der Waals surface area contributed by atoms with Crippen LogP contribution >= 0.6 is 11.6 Å². The predicted molar refractivity (Wildman–Crippen MR) is 128 cm³/mol. The highest BCUT2D eigenvalue weighted by Gasteiger charge is 2.44. The number of benzene rings is 5. The lowest BCUT2D eigenvalue weighted by Gasteiger charge is -2.29. The molecule has 0 heterocycles. The van der Waals surface area contributed by atoms with Gasteiger partial charge in [0.2, 0.25) is 0 Å². The summed E-state index contributed by atoms with van der Waals surface area (Å²) in [6, 6.07) is 22.8. The lowest BCUT2D eigenvalue weighted by Crippen LogP contribution is -2.27. The van der Waals surface area contributed by atoms with Crippen LogP contribution in [0, 0.1) is 0 Å². The monoisotopic (exact) mass is 423 g/mol. The van der Waals surface area contributed by atoms with E-state index in [1.165, 1.54) is 6.07 Å². The summed E-state index contributed by atoms with van der Waals surface area (Å²) in [7, 11) is 0. The highest BCUT2D eigenvalue weighted by molar-refractivity contribution is 6.35. The third-order valence-electron chi connectivity index (χ3n) is 6.04. The Morgan fingerprint density at radius 2 is 1.10 bits per heavy atom. The third-order valence-corrected chi connectivity index (χ3v) is 6.33. The van der Waals surface area contributed by atoms with Gasteiger partial charge < -0.3 is 5.11 Å². The minimum Gasteiger partial charge on any atom is -0.376 e. The second-order valence-electron chi connectivity index (χ2n) is 7.61.